The molecule has 0 bridgehead atoms. The molecule has 0 aromatic carbocycles. The molecule has 1 aliphatic heterocycles. The van der Waals surface area contributed by atoms with E-state index < -0.39 is 0 Å². The van der Waals surface area contributed by atoms with E-state index in [1.54, 1.807) is 0 Å². The maximum Gasteiger partial charge on any atom is 0.107 e. The second-order valence-electron chi connectivity index (χ2n) is 4.35. The number of ether oxygens (including phenoxy) is 1. The molecule has 2 heterocycles. The summed E-state index contributed by atoms with van der Waals surface area (Å²) in [5, 5.41) is 4.71. The lowest BCUT2D eigenvalue weighted by molar-refractivity contribution is 0.112. The SMILES string of the molecule is C1Cc2nc(CNCC3CC3)sc2CO1. The molecule has 3 rings (SSSR count). The molecule has 0 saturated heterocycles. The third kappa shape index (κ3) is 2.38. The number of hydrogen-bond acceptors (Lipinski definition) is 4. The van der Waals surface area contributed by atoms with Crippen LogP contribution in [0.15, 0.2) is 0 Å². The lowest BCUT2D eigenvalue weighted by Gasteiger charge is -2.08. The number of rotatable bonds is 4. The van der Waals surface area contributed by atoms with Crippen molar-refractivity contribution in [1.29, 1.82) is 0 Å². The van der Waals surface area contributed by atoms with Crippen LogP contribution in [0.5, 0.6) is 0 Å². The quantitative estimate of drug-likeness (QED) is 0.845. The van der Waals surface area contributed by atoms with Crippen LogP contribution in [0.1, 0.15) is 28.4 Å². The van der Waals surface area contributed by atoms with E-state index in [4.69, 9.17) is 4.74 Å². The standard InChI is InChI=1S/C11H16N2OS/c1-2-8(1)5-12-6-11-13-9-3-4-14-7-10(9)15-11/h8,12H,1-7H2. The van der Waals surface area contributed by atoms with Crippen molar-refractivity contribution in [3.05, 3.63) is 15.6 Å². The molecule has 1 aromatic heterocycles. The van der Waals surface area contributed by atoms with Crippen molar-refractivity contribution in [3.63, 3.8) is 0 Å². The Morgan fingerprint density at radius 3 is 3.20 bits per heavy atom. The van der Waals surface area contributed by atoms with Crippen molar-refractivity contribution in [2.45, 2.75) is 32.4 Å². The van der Waals surface area contributed by atoms with Crippen LogP contribution < -0.4 is 5.32 Å². The number of thiazole rings is 1. The summed E-state index contributed by atoms with van der Waals surface area (Å²) in [4.78, 5) is 5.98. The van der Waals surface area contributed by atoms with Gasteiger partial charge < -0.3 is 10.1 Å². The number of nitrogens with one attached hydrogen (secondary N) is 1. The summed E-state index contributed by atoms with van der Waals surface area (Å²) in [7, 11) is 0. The molecule has 1 aromatic rings. The van der Waals surface area contributed by atoms with Gasteiger partial charge in [-0.1, -0.05) is 0 Å². The van der Waals surface area contributed by atoms with Crippen LogP contribution in [0.4, 0.5) is 0 Å². The van der Waals surface area contributed by atoms with Gasteiger partial charge in [0, 0.05) is 13.0 Å². The second kappa shape index (κ2) is 4.20. The summed E-state index contributed by atoms with van der Waals surface area (Å²) < 4.78 is 5.41. The van der Waals surface area contributed by atoms with Crippen molar-refractivity contribution >= 4 is 11.3 Å². The zero-order valence-corrected chi connectivity index (χ0v) is 9.61. The summed E-state index contributed by atoms with van der Waals surface area (Å²) in [6.07, 6.45) is 3.82. The van der Waals surface area contributed by atoms with E-state index in [0.29, 0.717) is 0 Å². The van der Waals surface area contributed by atoms with Gasteiger partial charge in [-0.2, -0.15) is 0 Å². The summed E-state index contributed by atoms with van der Waals surface area (Å²) >= 11 is 1.81. The van der Waals surface area contributed by atoms with Crippen LogP contribution >= 0.6 is 11.3 Å². The number of nitrogens with zero attached hydrogens (tertiary/aromatic N) is 1. The van der Waals surface area contributed by atoms with Gasteiger partial charge in [0.1, 0.15) is 5.01 Å². The predicted molar refractivity (Wildman–Crippen MR) is 59.9 cm³/mol. The van der Waals surface area contributed by atoms with Crippen LogP contribution in [0.25, 0.3) is 0 Å². The summed E-state index contributed by atoms with van der Waals surface area (Å²) in [5.74, 6) is 0.947. The minimum absolute atomic E-state index is 0.773. The van der Waals surface area contributed by atoms with Gasteiger partial charge in [0.05, 0.1) is 23.8 Å². The van der Waals surface area contributed by atoms with E-state index in [0.717, 1.165) is 32.1 Å². The van der Waals surface area contributed by atoms with Gasteiger partial charge in [-0.3, -0.25) is 0 Å². The highest BCUT2D eigenvalue weighted by Gasteiger charge is 2.21. The monoisotopic (exact) mass is 224 g/mol. The highest BCUT2D eigenvalue weighted by Crippen LogP contribution is 2.28. The minimum Gasteiger partial charge on any atom is -0.375 e. The maximum atomic E-state index is 5.41. The Labute approximate surface area is 93.9 Å². The average molecular weight is 224 g/mol. The molecule has 2 aliphatic rings. The molecule has 4 heteroatoms. The van der Waals surface area contributed by atoms with E-state index in [2.05, 4.69) is 10.3 Å². The fourth-order valence-electron chi connectivity index (χ4n) is 1.86. The summed E-state index contributed by atoms with van der Waals surface area (Å²) in [5.41, 5.74) is 1.27. The van der Waals surface area contributed by atoms with Crippen molar-refractivity contribution in [2.75, 3.05) is 13.2 Å². The van der Waals surface area contributed by atoms with E-state index in [1.807, 2.05) is 11.3 Å². The zero-order valence-electron chi connectivity index (χ0n) is 8.79. The van der Waals surface area contributed by atoms with Gasteiger partial charge in [-0.15, -0.1) is 11.3 Å². The van der Waals surface area contributed by atoms with E-state index >= 15 is 0 Å². The van der Waals surface area contributed by atoms with Gasteiger partial charge in [0.25, 0.3) is 0 Å². The molecule has 1 aliphatic carbocycles. The molecular weight excluding hydrogens is 208 g/mol. The average Bonchev–Trinajstić information content (AvgIpc) is 2.97. The summed E-state index contributed by atoms with van der Waals surface area (Å²) in [6, 6.07) is 0. The Morgan fingerprint density at radius 1 is 1.47 bits per heavy atom. The first-order valence-electron chi connectivity index (χ1n) is 5.68. The first-order valence-corrected chi connectivity index (χ1v) is 6.49. The summed E-state index contributed by atoms with van der Waals surface area (Å²) in [6.45, 7) is 3.72. The maximum absolute atomic E-state index is 5.41. The molecule has 15 heavy (non-hydrogen) atoms. The van der Waals surface area contributed by atoms with E-state index in [-0.39, 0.29) is 0 Å². The third-order valence-electron chi connectivity index (χ3n) is 2.95. The molecule has 1 N–H and O–H groups in total. The normalized spacial score (nSPS) is 20.3. The Hall–Kier alpha value is -0.450. The van der Waals surface area contributed by atoms with Crippen LogP contribution in [-0.2, 0) is 24.3 Å². The molecule has 0 spiro atoms. The van der Waals surface area contributed by atoms with Crippen LogP contribution in [0.2, 0.25) is 0 Å². The first-order chi connectivity index (χ1) is 7.42. The highest BCUT2D eigenvalue weighted by atomic mass is 32.1. The zero-order chi connectivity index (χ0) is 10.1. The molecule has 1 saturated carbocycles. The Balaban J connectivity index is 1.57. The minimum atomic E-state index is 0.773. The van der Waals surface area contributed by atoms with E-state index in [9.17, 15) is 0 Å². The predicted octanol–water partition coefficient (Wildman–Crippen LogP) is 1.72. The highest BCUT2D eigenvalue weighted by molar-refractivity contribution is 7.11. The number of fused-ring (bicyclic) bond motifs is 1. The van der Waals surface area contributed by atoms with Gasteiger partial charge in [0.15, 0.2) is 0 Å². The smallest absolute Gasteiger partial charge is 0.107 e. The Kier molecular flexibility index (Phi) is 2.73. The topological polar surface area (TPSA) is 34.2 Å². The number of aromatic nitrogens is 1. The van der Waals surface area contributed by atoms with Gasteiger partial charge in [-0.05, 0) is 25.3 Å². The van der Waals surface area contributed by atoms with Crippen LogP contribution in [-0.4, -0.2) is 18.1 Å². The van der Waals surface area contributed by atoms with E-state index in [1.165, 1.54) is 35.0 Å². The van der Waals surface area contributed by atoms with Crippen molar-refractivity contribution < 1.29 is 4.74 Å². The fourth-order valence-corrected chi connectivity index (χ4v) is 2.88. The lowest BCUT2D eigenvalue weighted by Crippen LogP contribution is -2.16. The number of hydrogen-bond donors (Lipinski definition) is 1. The Morgan fingerprint density at radius 2 is 2.40 bits per heavy atom. The molecule has 0 radical (unpaired) electrons. The van der Waals surface area contributed by atoms with Gasteiger partial charge in [0.2, 0.25) is 0 Å². The van der Waals surface area contributed by atoms with Crippen molar-refractivity contribution in [3.8, 4) is 0 Å². The molecule has 0 atom stereocenters. The van der Waals surface area contributed by atoms with Gasteiger partial charge in [-0.25, -0.2) is 4.98 Å². The molecule has 0 unspecified atom stereocenters. The molecular formula is C11H16N2OS. The molecule has 1 fully saturated rings. The Bertz CT molecular complexity index is 323. The fraction of sp³-hybridized carbons (Fsp3) is 0.727. The van der Waals surface area contributed by atoms with Crippen LogP contribution in [0.3, 0.4) is 0 Å². The first kappa shape index (κ1) is 9.75. The van der Waals surface area contributed by atoms with Gasteiger partial charge >= 0.3 is 0 Å². The lowest BCUT2D eigenvalue weighted by atomic mass is 10.2. The molecule has 82 valence electrons. The van der Waals surface area contributed by atoms with Crippen molar-refractivity contribution in [1.82, 2.24) is 10.3 Å². The largest absolute Gasteiger partial charge is 0.375 e. The van der Waals surface area contributed by atoms with Crippen LogP contribution in [0, 0.1) is 5.92 Å². The third-order valence-corrected chi connectivity index (χ3v) is 4.02. The van der Waals surface area contributed by atoms with Crippen molar-refractivity contribution in [2.24, 2.45) is 5.92 Å². The molecule has 0 amide bonds. The second-order valence-corrected chi connectivity index (χ2v) is 5.52. The molecule has 3 nitrogen and oxygen atoms in total.